The maximum Gasteiger partial charge on any atom is 0.131 e. The molecule has 0 amide bonds. The normalized spacial score (nSPS) is 12.6. The molecule has 0 fully saturated rings. The van der Waals surface area contributed by atoms with E-state index in [4.69, 9.17) is 11.6 Å². The van der Waals surface area contributed by atoms with E-state index < -0.39 is 16.5 Å². The van der Waals surface area contributed by atoms with E-state index in [-0.39, 0.29) is 5.56 Å². The van der Waals surface area contributed by atoms with Crippen molar-refractivity contribution in [2.45, 2.75) is 18.7 Å². The molecular weight excluding hydrogens is 413 g/mol. The average Bonchev–Trinajstić information content (AvgIpc) is 2.32. The molecule has 0 N–H and O–H groups in total. The highest BCUT2D eigenvalue weighted by atomic mass is 79.9. The Balaban J connectivity index is 2.57. The summed E-state index contributed by atoms with van der Waals surface area (Å²) in [4.78, 5) is -0.637. The highest BCUT2D eigenvalue weighted by Gasteiger charge is 2.22. The predicted molar refractivity (Wildman–Crippen MR) is 85.8 cm³/mol. The lowest BCUT2D eigenvalue weighted by Crippen LogP contribution is -2.02. The monoisotopic (exact) mass is 422 g/mol. The number of benzene rings is 2. The molecule has 0 heterocycles. The van der Waals surface area contributed by atoms with Gasteiger partial charge < -0.3 is 0 Å². The minimum atomic E-state index is -0.637. The van der Waals surface area contributed by atoms with Gasteiger partial charge in [-0.15, -0.1) is 0 Å². The molecule has 0 saturated heterocycles. The second-order valence-electron chi connectivity index (χ2n) is 4.60. The van der Waals surface area contributed by atoms with Crippen molar-refractivity contribution in [3.63, 3.8) is 0 Å². The second-order valence-corrected chi connectivity index (χ2v) is 6.84. The summed E-state index contributed by atoms with van der Waals surface area (Å²) < 4.78 is 28.4. The lowest BCUT2D eigenvalue weighted by molar-refractivity contribution is 0.559. The van der Waals surface area contributed by atoms with Gasteiger partial charge in [0.15, 0.2) is 0 Å². The third kappa shape index (κ3) is 3.07. The number of rotatable bonds is 2. The van der Waals surface area contributed by atoms with E-state index in [1.807, 2.05) is 19.9 Å². The largest absolute Gasteiger partial charge is 0.206 e. The zero-order valence-corrected chi connectivity index (χ0v) is 14.7. The van der Waals surface area contributed by atoms with Crippen LogP contribution in [0.25, 0.3) is 0 Å². The molecule has 1 atom stereocenters. The highest BCUT2D eigenvalue weighted by Crippen LogP contribution is 2.39. The van der Waals surface area contributed by atoms with Crippen molar-refractivity contribution in [3.05, 3.63) is 67.6 Å². The van der Waals surface area contributed by atoms with Gasteiger partial charge in [-0.25, -0.2) is 8.78 Å². The Bertz CT molecular complexity index is 648. The topological polar surface area (TPSA) is 0 Å². The SMILES string of the molecule is Cc1cc(Cl)c(C(Br)c2c(F)cc(Br)cc2F)cc1C. The molecule has 0 radical (unpaired) electrons. The van der Waals surface area contributed by atoms with Crippen LogP contribution in [0, 0.1) is 25.5 Å². The minimum absolute atomic E-state index is 0.0432. The second kappa shape index (κ2) is 6.12. The third-order valence-electron chi connectivity index (χ3n) is 3.18. The summed E-state index contributed by atoms with van der Waals surface area (Å²) in [6.45, 7) is 3.87. The first kappa shape index (κ1) is 15.9. The fraction of sp³-hybridized carbons (Fsp3) is 0.200. The van der Waals surface area contributed by atoms with Crippen molar-refractivity contribution in [2.75, 3.05) is 0 Å². The van der Waals surface area contributed by atoms with Crippen molar-refractivity contribution < 1.29 is 8.78 Å². The quantitative estimate of drug-likeness (QED) is 0.484. The summed E-state index contributed by atoms with van der Waals surface area (Å²) in [5.41, 5.74) is 2.66. The molecule has 0 nitrogen and oxygen atoms in total. The summed E-state index contributed by atoms with van der Waals surface area (Å²) in [5.74, 6) is -1.24. The molecule has 0 aliphatic heterocycles. The lowest BCUT2D eigenvalue weighted by atomic mass is 9.99. The Morgan fingerprint density at radius 2 is 1.50 bits per heavy atom. The van der Waals surface area contributed by atoms with Gasteiger partial charge in [0, 0.05) is 15.1 Å². The predicted octanol–water partition coefficient (Wildman–Crippen LogP) is 6.48. The number of alkyl halides is 1. The first-order valence-corrected chi connectivity index (χ1v) is 7.95. The van der Waals surface area contributed by atoms with Crippen LogP contribution in [0.15, 0.2) is 28.7 Å². The molecular formula is C15H11Br2ClF2. The summed E-state index contributed by atoms with van der Waals surface area (Å²) in [6, 6.07) is 6.12. The van der Waals surface area contributed by atoms with Crippen LogP contribution in [0.5, 0.6) is 0 Å². The third-order valence-corrected chi connectivity index (χ3v) is 4.92. The van der Waals surface area contributed by atoms with Gasteiger partial charge in [-0.1, -0.05) is 49.5 Å². The number of hydrogen-bond donors (Lipinski definition) is 0. The Labute approximate surface area is 138 Å². The van der Waals surface area contributed by atoms with E-state index in [0.717, 1.165) is 11.1 Å². The Morgan fingerprint density at radius 1 is 1.00 bits per heavy atom. The maximum absolute atomic E-state index is 14.0. The Kier molecular flexibility index (Phi) is 4.88. The van der Waals surface area contributed by atoms with Crippen molar-refractivity contribution in [1.82, 2.24) is 0 Å². The van der Waals surface area contributed by atoms with Crippen LogP contribution >= 0.6 is 43.5 Å². The van der Waals surface area contributed by atoms with Crippen molar-refractivity contribution in [3.8, 4) is 0 Å². The molecule has 0 aromatic heterocycles. The Morgan fingerprint density at radius 3 is 2.05 bits per heavy atom. The van der Waals surface area contributed by atoms with Crippen molar-refractivity contribution >= 4 is 43.5 Å². The minimum Gasteiger partial charge on any atom is -0.206 e. The highest BCUT2D eigenvalue weighted by molar-refractivity contribution is 9.10. The fourth-order valence-electron chi connectivity index (χ4n) is 1.95. The van der Waals surface area contributed by atoms with Gasteiger partial charge in [0.1, 0.15) is 11.6 Å². The van der Waals surface area contributed by atoms with Crippen LogP contribution in [0.3, 0.4) is 0 Å². The van der Waals surface area contributed by atoms with E-state index in [1.54, 1.807) is 6.07 Å². The molecule has 2 aromatic carbocycles. The zero-order chi connectivity index (χ0) is 15.0. The molecule has 5 heteroatoms. The van der Waals surface area contributed by atoms with E-state index in [1.165, 1.54) is 12.1 Å². The van der Waals surface area contributed by atoms with Crippen molar-refractivity contribution in [2.24, 2.45) is 0 Å². The molecule has 0 aliphatic rings. The maximum atomic E-state index is 14.0. The molecule has 2 aromatic rings. The van der Waals surface area contributed by atoms with E-state index in [0.29, 0.717) is 15.1 Å². The number of halogens is 5. The van der Waals surface area contributed by atoms with E-state index >= 15 is 0 Å². The number of aryl methyl sites for hydroxylation is 2. The lowest BCUT2D eigenvalue weighted by Gasteiger charge is -2.16. The average molecular weight is 425 g/mol. The molecule has 1 unspecified atom stereocenters. The van der Waals surface area contributed by atoms with Gasteiger partial charge in [-0.2, -0.15) is 0 Å². The van der Waals surface area contributed by atoms with Crippen LogP contribution in [-0.4, -0.2) is 0 Å². The summed E-state index contributed by atoms with van der Waals surface area (Å²) in [7, 11) is 0. The van der Waals surface area contributed by atoms with Gasteiger partial charge >= 0.3 is 0 Å². The number of hydrogen-bond acceptors (Lipinski definition) is 0. The Hall–Kier alpha value is -0.450. The van der Waals surface area contributed by atoms with Gasteiger partial charge in [0.2, 0.25) is 0 Å². The van der Waals surface area contributed by atoms with Crippen LogP contribution in [0.1, 0.15) is 27.1 Å². The molecule has 0 bridgehead atoms. The van der Waals surface area contributed by atoms with Gasteiger partial charge in [0.25, 0.3) is 0 Å². The molecule has 20 heavy (non-hydrogen) atoms. The van der Waals surface area contributed by atoms with Crippen LogP contribution < -0.4 is 0 Å². The molecule has 106 valence electrons. The molecule has 0 saturated carbocycles. The van der Waals surface area contributed by atoms with Crippen LogP contribution in [0.4, 0.5) is 8.78 Å². The van der Waals surface area contributed by atoms with Crippen molar-refractivity contribution in [1.29, 1.82) is 0 Å². The van der Waals surface area contributed by atoms with E-state index in [2.05, 4.69) is 31.9 Å². The van der Waals surface area contributed by atoms with Gasteiger partial charge in [0.05, 0.1) is 4.83 Å². The zero-order valence-electron chi connectivity index (χ0n) is 10.8. The summed E-state index contributed by atoms with van der Waals surface area (Å²) >= 11 is 12.6. The van der Waals surface area contributed by atoms with Gasteiger partial charge in [-0.3, -0.25) is 0 Å². The molecule has 2 rings (SSSR count). The molecule has 0 spiro atoms. The fourth-order valence-corrected chi connectivity index (χ4v) is 3.63. The summed E-state index contributed by atoms with van der Waals surface area (Å²) in [5, 5.41) is 0.483. The first-order valence-electron chi connectivity index (χ1n) is 5.86. The first-order chi connectivity index (χ1) is 9.31. The van der Waals surface area contributed by atoms with Crippen LogP contribution in [-0.2, 0) is 0 Å². The molecule has 0 aliphatic carbocycles. The van der Waals surface area contributed by atoms with Crippen LogP contribution in [0.2, 0.25) is 5.02 Å². The standard InChI is InChI=1S/C15H11Br2ClF2/c1-7-3-10(11(18)4-8(7)2)15(17)14-12(19)5-9(16)6-13(14)20/h3-6,15H,1-2H3. The van der Waals surface area contributed by atoms with Gasteiger partial charge in [-0.05, 0) is 48.7 Å². The smallest absolute Gasteiger partial charge is 0.131 e. The summed E-state index contributed by atoms with van der Waals surface area (Å²) in [6.07, 6.45) is 0. The van der Waals surface area contributed by atoms with E-state index in [9.17, 15) is 8.78 Å².